The summed E-state index contributed by atoms with van der Waals surface area (Å²) in [7, 11) is -1.77. The first kappa shape index (κ1) is 8.96. The molecule has 0 radical (unpaired) electrons. The van der Waals surface area contributed by atoms with Crippen molar-refractivity contribution in [1.82, 2.24) is 5.06 Å². The fourth-order valence-electron chi connectivity index (χ4n) is 0.857. The number of hydroxylamine groups is 2. The molecule has 0 bridgehead atoms. The van der Waals surface area contributed by atoms with Crippen LogP contribution in [-0.2, 0) is 14.4 Å². The van der Waals surface area contributed by atoms with E-state index in [9.17, 15) is 8.42 Å². The Labute approximate surface area is 67.2 Å². The first-order valence-corrected chi connectivity index (χ1v) is 4.91. The summed E-state index contributed by atoms with van der Waals surface area (Å²) in [6, 6.07) is 0. The average Bonchev–Trinajstić information content (AvgIpc) is 1.80. The molecule has 66 valence electrons. The zero-order valence-electron chi connectivity index (χ0n) is 6.99. The average molecular weight is 179 g/mol. The van der Waals surface area contributed by atoms with Crippen LogP contribution in [0.2, 0.25) is 0 Å². The van der Waals surface area contributed by atoms with Crippen molar-refractivity contribution in [2.24, 2.45) is 0 Å². The molecular formula is C6H13NO3S. The number of hydrogen-bond donors (Lipinski definition) is 0. The predicted octanol–water partition coefficient (Wildman–Crippen LogP) is 0.362. The monoisotopic (exact) mass is 179 g/mol. The van der Waals surface area contributed by atoms with Crippen LogP contribution in [0.4, 0.5) is 0 Å². The van der Waals surface area contributed by atoms with E-state index in [0.717, 1.165) is 0 Å². The number of hydrogen-bond acceptors (Lipinski definition) is 4. The van der Waals surface area contributed by atoms with Crippen molar-refractivity contribution in [1.29, 1.82) is 0 Å². The van der Waals surface area contributed by atoms with Crippen LogP contribution in [0.1, 0.15) is 20.3 Å². The van der Waals surface area contributed by atoms with Gasteiger partial charge in [-0.05, 0) is 20.3 Å². The predicted molar refractivity (Wildman–Crippen MR) is 41.3 cm³/mol. The van der Waals surface area contributed by atoms with Crippen molar-refractivity contribution in [3.63, 3.8) is 0 Å². The Morgan fingerprint density at radius 1 is 1.45 bits per heavy atom. The fraction of sp³-hybridized carbons (Fsp3) is 1.00. The summed E-state index contributed by atoms with van der Waals surface area (Å²) in [5, 5.41) is 1.35. The van der Waals surface area contributed by atoms with Crippen molar-refractivity contribution in [2.45, 2.75) is 25.0 Å². The van der Waals surface area contributed by atoms with Crippen molar-refractivity contribution in [3.05, 3.63) is 0 Å². The molecule has 0 aromatic carbocycles. The highest BCUT2D eigenvalue weighted by molar-refractivity contribution is 7.88. The largest absolute Gasteiger partial charge is 0.288 e. The van der Waals surface area contributed by atoms with Crippen LogP contribution in [0.3, 0.4) is 0 Å². The van der Waals surface area contributed by atoms with Gasteiger partial charge in [0.05, 0.1) is 4.75 Å². The topological polar surface area (TPSA) is 46.6 Å². The first-order valence-electron chi connectivity index (χ1n) is 3.50. The van der Waals surface area contributed by atoms with Gasteiger partial charge in [-0.2, -0.15) is 17.8 Å². The standard InChI is InChI=1S/C6H13NO3S/c1-6(2)4-5-7(3)10-11(6,8)9/h4-5H2,1-3H3. The van der Waals surface area contributed by atoms with Crippen molar-refractivity contribution in [3.8, 4) is 0 Å². The van der Waals surface area contributed by atoms with Crippen LogP contribution in [0, 0.1) is 0 Å². The molecular weight excluding hydrogens is 166 g/mol. The second kappa shape index (κ2) is 2.43. The lowest BCUT2D eigenvalue weighted by Crippen LogP contribution is -2.45. The molecule has 1 fully saturated rings. The Balaban J connectivity index is 2.91. The van der Waals surface area contributed by atoms with Crippen molar-refractivity contribution < 1.29 is 12.7 Å². The van der Waals surface area contributed by atoms with Crippen LogP contribution in [0.5, 0.6) is 0 Å². The third-order valence-electron chi connectivity index (χ3n) is 1.93. The molecule has 0 N–H and O–H groups in total. The van der Waals surface area contributed by atoms with E-state index in [2.05, 4.69) is 0 Å². The Hall–Kier alpha value is -0.130. The van der Waals surface area contributed by atoms with Gasteiger partial charge in [0.15, 0.2) is 0 Å². The molecule has 0 aromatic heterocycles. The molecule has 1 aliphatic heterocycles. The quantitative estimate of drug-likeness (QED) is 0.538. The van der Waals surface area contributed by atoms with E-state index in [1.165, 1.54) is 5.06 Å². The summed E-state index contributed by atoms with van der Waals surface area (Å²) in [4.78, 5) is 0. The zero-order valence-corrected chi connectivity index (χ0v) is 7.81. The van der Waals surface area contributed by atoms with Gasteiger partial charge in [-0.1, -0.05) is 0 Å². The Morgan fingerprint density at radius 3 is 2.36 bits per heavy atom. The summed E-state index contributed by atoms with van der Waals surface area (Å²) in [6.45, 7) is 4.01. The van der Waals surface area contributed by atoms with Gasteiger partial charge in [-0.25, -0.2) is 0 Å². The minimum atomic E-state index is -3.38. The molecule has 0 saturated carbocycles. The third kappa shape index (κ3) is 1.55. The minimum Gasteiger partial charge on any atom is -0.197 e. The van der Waals surface area contributed by atoms with E-state index < -0.39 is 14.9 Å². The highest BCUT2D eigenvalue weighted by Gasteiger charge is 2.40. The fourth-order valence-corrected chi connectivity index (χ4v) is 1.81. The van der Waals surface area contributed by atoms with Gasteiger partial charge in [0.2, 0.25) is 0 Å². The summed E-state index contributed by atoms with van der Waals surface area (Å²) >= 11 is 0. The minimum absolute atomic E-state index is 0.617. The van der Waals surface area contributed by atoms with E-state index in [0.29, 0.717) is 13.0 Å². The van der Waals surface area contributed by atoms with E-state index in [4.69, 9.17) is 4.28 Å². The maximum absolute atomic E-state index is 11.2. The molecule has 0 unspecified atom stereocenters. The lowest BCUT2D eigenvalue weighted by molar-refractivity contribution is -0.0448. The highest BCUT2D eigenvalue weighted by atomic mass is 32.2. The van der Waals surface area contributed by atoms with Gasteiger partial charge < -0.3 is 0 Å². The molecule has 1 rings (SSSR count). The molecule has 1 heterocycles. The molecule has 0 atom stereocenters. The van der Waals surface area contributed by atoms with Crippen LogP contribution >= 0.6 is 0 Å². The molecule has 5 heteroatoms. The van der Waals surface area contributed by atoms with Gasteiger partial charge >= 0.3 is 0 Å². The van der Waals surface area contributed by atoms with Crippen molar-refractivity contribution >= 4 is 10.1 Å². The third-order valence-corrected chi connectivity index (χ3v) is 3.94. The van der Waals surface area contributed by atoms with Crippen LogP contribution in [0.25, 0.3) is 0 Å². The summed E-state index contributed by atoms with van der Waals surface area (Å²) < 4.78 is 26.5. The molecule has 4 nitrogen and oxygen atoms in total. The summed E-state index contributed by atoms with van der Waals surface area (Å²) in [5.41, 5.74) is 0. The smallest absolute Gasteiger partial charge is 0.197 e. The zero-order chi connectivity index (χ0) is 8.70. The number of nitrogens with zero attached hydrogens (tertiary/aromatic N) is 1. The molecule has 0 amide bonds. The molecule has 1 saturated heterocycles. The van der Waals surface area contributed by atoms with Crippen LogP contribution in [0.15, 0.2) is 0 Å². The molecule has 0 aliphatic carbocycles. The SMILES string of the molecule is CN1CCC(C)(C)S(=O)(=O)O1. The maximum Gasteiger partial charge on any atom is 0.288 e. The Morgan fingerprint density at radius 2 is 2.00 bits per heavy atom. The lowest BCUT2D eigenvalue weighted by Gasteiger charge is -2.32. The second-order valence-electron chi connectivity index (χ2n) is 3.39. The first-order chi connectivity index (χ1) is 4.85. The Kier molecular flexibility index (Phi) is 1.98. The summed E-state index contributed by atoms with van der Waals surface area (Å²) in [6.07, 6.45) is 0.617. The van der Waals surface area contributed by atoms with E-state index >= 15 is 0 Å². The maximum atomic E-state index is 11.2. The molecule has 0 spiro atoms. The van der Waals surface area contributed by atoms with Gasteiger partial charge in [-0.3, -0.25) is 0 Å². The normalized spacial score (nSPS) is 30.1. The van der Waals surface area contributed by atoms with Crippen LogP contribution < -0.4 is 0 Å². The lowest BCUT2D eigenvalue weighted by atomic mass is 10.1. The van der Waals surface area contributed by atoms with Crippen LogP contribution in [-0.4, -0.2) is 31.8 Å². The van der Waals surface area contributed by atoms with Gasteiger partial charge in [0.25, 0.3) is 10.1 Å². The highest BCUT2D eigenvalue weighted by Crippen LogP contribution is 2.27. The molecule has 1 aliphatic rings. The molecule has 11 heavy (non-hydrogen) atoms. The van der Waals surface area contributed by atoms with E-state index in [1.54, 1.807) is 20.9 Å². The van der Waals surface area contributed by atoms with E-state index in [1.807, 2.05) is 0 Å². The van der Waals surface area contributed by atoms with Crippen molar-refractivity contribution in [2.75, 3.05) is 13.6 Å². The van der Waals surface area contributed by atoms with Gasteiger partial charge in [-0.15, -0.1) is 0 Å². The summed E-state index contributed by atoms with van der Waals surface area (Å²) in [5.74, 6) is 0. The molecule has 0 aromatic rings. The second-order valence-corrected chi connectivity index (χ2v) is 5.55. The van der Waals surface area contributed by atoms with E-state index in [-0.39, 0.29) is 0 Å². The Bertz CT molecular complexity index is 245. The van der Waals surface area contributed by atoms with Gasteiger partial charge in [0, 0.05) is 13.6 Å². The van der Waals surface area contributed by atoms with Gasteiger partial charge in [0.1, 0.15) is 0 Å². The number of rotatable bonds is 0.